The average molecular weight is 395 g/mol. The van der Waals surface area contributed by atoms with Gasteiger partial charge in [0.05, 0.1) is 28.2 Å². The summed E-state index contributed by atoms with van der Waals surface area (Å²) < 4.78 is 0. The van der Waals surface area contributed by atoms with Crippen LogP contribution in [0, 0.1) is 13.8 Å². The predicted molar refractivity (Wildman–Crippen MR) is 117 cm³/mol. The van der Waals surface area contributed by atoms with Gasteiger partial charge in [0.25, 0.3) is 5.91 Å². The first-order valence-electron chi connectivity index (χ1n) is 8.91. The summed E-state index contributed by atoms with van der Waals surface area (Å²) >= 11 is 6.29. The largest absolute Gasteiger partial charge is 0.378 e. The van der Waals surface area contributed by atoms with Crippen molar-refractivity contribution in [1.29, 1.82) is 0 Å². The topological polar surface area (TPSA) is 57.3 Å². The third-order valence-electron chi connectivity index (χ3n) is 4.34. The molecule has 28 heavy (non-hydrogen) atoms. The van der Waals surface area contributed by atoms with E-state index in [1.165, 1.54) is 6.20 Å². The van der Waals surface area contributed by atoms with Crippen molar-refractivity contribution in [2.24, 2.45) is 0 Å². The van der Waals surface area contributed by atoms with Gasteiger partial charge in [-0.05, 0) is 61.4 Å². The highest BCUT2D eigenvalue weighted by Crippen LogP contribution is 2.28. The van der Waals surface area contributed by atoms with Gasteiger partial charge in [0.2, 0.25) is 0 Å². The third-order valence-corrected chi connectivity index (χ3v) is 4.64. The number of amides is 1. The van der Waals surface area contributed by atoms with Crippen molar-refractivity contribution in [3.63, 3.8) is 0 Å². The minimum absolute atomic E-state index is 0.257. The van der Waals surface area contributed by atoms with Crippen molar-refractivity contribution in [1.82, 2.24) is 4.98 Å². The molecule has 0 saturated carbocycles. The molecule has 0 fully saturated rings. The summed E-state index contributed by atoms with van der Waals surface area (Å²) in [5.41, 5.74) is 5.80. The van der Waals surface area contributed by atoms with E-state index in [1.807, 2.05) is 69.2 Å². The van der Waals surface area contributed by atoms with E-state index in [4.69, 9.17) is 11.6 Å². The SMILES string of the molecule is Cc1cc(C)c(NC(=O)c2cncc(Nc3ccc(N(C)C)cc3)c2)c(Cl)c1. The van der Waals surface area contributed by atoms with E-state index in [9.17, 15) is 4.79 Å². The molecule has 1 heterocycles. The van der Waals surface area contributed by atoms with Gasteiger partial charge in [0.15, 0.2) is 0 Å². The number of carbonyl (C=O) groups excluding carboxylic acids is 1. The van der Waals surface area contributed by atoms with Crippen molar-refractivity contribution >= 4 is 40.3 Å². The zero-order valence-corrected chi connectivity index (χ0v) is 17.1. The Morgan fingerprint density at radius 3 is 2.36 bits per heavy atom. The molecule has 0 aliphatic carbocycles. The van der Waals surface area contributed by atoms with E-state index >= 15 is 0 Å². The highest BCUT2D eigenvalue weighted by atomic mass is 35.5. The minimum atomic E-state index is -0.257. The standard InChI is InChI=1S/C22H23ClN4O/c1-14-9-15(2)21(20(23)10-14)26-22(28)16-11-18(13-24-12-16)25-17-5-7-19(8-6-17)27(3)4/h5-13,25H,1-4H3,(H,26,28). The second-order valence-electron chi connectivity index (χ2n) is 6.92. The monoisotopic (exact) mass is 394 g/mol. The molecule has 0 unspecified atom stereocenters. The predicted octanol–water partition coefficient (Wildman–Crippen LogP) is 5.41. The fraction of sp³-hybridized carbons (Fsp3) is 0.182. The molecule has 2 N–H and O–H groups in total. The zero-order chi connectivity index (χ0) is 20.3. The van der Waals surface area contributed by atoms with Gasteiger partial charge in [-0.1, -0.05) is 17.7 Å². The molecule has 3 aromatic rings. The van der Waals surface area contributed by atoms with Gasteiger partial charge in [-0.3, -0.25) is 9.78 Å². The molecule has 0 radical (unpaired) electrons. The van der Waals surface area contributed by atoms with Gasteiger partial charge in [0.1, 0.15) is 0 Å². The Labute approximate surface area is 170 Å². The average Bonchev–Trinajstić information content (AvgIpc) is 2.65. The highest BCUT2D eigenvalue weighted by molar-refractivity contribution is 6.34. The van der Waals surface area contributed by atoms with Crippen LogP contribution in [-0.4, -0.2) is 25.0 Å². The Balaban J connectivity index is 1.76. The fourth-order valence-electron chi connectivity index (χ4n) is 2.90. The Bertz CT molecular complexity index is 977. The fourth-order valence-corrected chi connectivity index (χ4v) is 3.27. The van der Waals surface area contributed by atoms with E-state index in [-0.39, 0.29) is 5.91 Å². The summed E-state index contributed by atoms with van der Waals surface area (Å²) in [5.74, 6) is -0.257. The number of halogens is 1. The van der Waals surface area contributed by atoms with Gasteiger partial charge in [0, 0.05) is 31.7 Å². The molecule has 0 aliphatic heterocycles. The zero-order valence-electron chi connectivity index (χ0n) is 16.4. The molecule has 2 aromatic carbocycles. The van der Waals surface area contributed by atoms with Crippen LogP contribution in [-0.2, 0) is 0 Å². The highest BCUT2D eigenvalue weighted by Gasteiger charge is 2.12. The lowest BCUT2D eigenvalue weighted by molar-refractivity contribution is 0.102. The molecule has 0 aliphatic rings. The van der Waals surface area contributed by atoms with Crippen LogP contribution in [0.2, 0.25) is 5.02 Å². The summed E-state index contributed by atoms with van der Waals surface area (Å²) in [5, 5.41) is 6.68. The Kier molecular flexibility index (Phi) is 5.85. The number of aromatic nitrogens is 1. The summed E-state index contributed by atoms with van der Waals surface area (Å²) in [4.78, 5) is 18.9. The van der Waals surface area contributed by atoms with E-state index in [1.54, 1.807) is 12.3 Å². The lowest BCUT2D eigenvalue weighted by Gasteiger charge is -2.14. The number of aryl methyl sites for hydroxylation is 2. The van der Waals surface area contributed by atoms with E-state index in [2.05, 4.69) is 15.6 Å². The second kappa shape index (κ2) is 8.31. The minimum Gasteiger partial charge on any atom is -0.378 e. The number of anilines is 4. The van der Waals surface area contributed by atoms with Crippen molar-refractivity contribution in [2.75, 3.05) is 29.6 Å². The molecule has 5 nitrogen and oxygen atoms in total. The van der Waals surface area contributed by atoms with Crippen LogP contribution in [0.1, 0.15) is 21.5 Å². The van der Waals surface area contributed by atoms with Crippen molar-refractivity contribution in [3.05, 3.63) is 76.6 Å². The van der Waals surface area contributed by atoms with E-state index in [0.717, 1.165) is 28.2 Å². The van der Waals surface area contributed by atoms with Crippen molar-refractivity contribution in [2.45, 2.75) is 13.8 Å². The van der Waals surface area contributed by atoms with Gasteiger partial charge >= 0.3 is 0 Å². The summed E-state index contributed by atoms with van der Waals surface area (Å²) in [6.07, 6.45) is 3.22. The molecule has 6 heteroatoms. The molecule has 1 aromatic heterocycles. The maximum atomic E-state index is 12.7. The molecule has 0 bridgehead atoms. The second-order valence-corrected chi connectivity index (χ2v) is 7.33. The lowest BCUT2D eigenvalue weighted by atomic mass is 10.1. The number of nitrogens with zero attached hydrogens (tertiary/aromatic N) is 2. The molecule has 0 saturated heterocycles. The molecule has 3 rings (SSSR count). The van der Waals surface area contributed by atoms with Crippen LogP contribution in [0.5, 0.6) is 0 Å². The number of hydrogen-bond donors (Lipinski definition) is 2. The number of benzene rings is 2. The first-order chi connectivity index (χ1) is 13.3. The van der Waals surface area contributed by atoms with Gasteiger partial charge in [-0.15, -0.1) is 0 Å². The first kappa shape index (κ1) is 19.7. The Morgan fingerprint density at radius 2 is 1.71 bits per heavy atom. The number of hydrogen-bond acceptors (Lipinski definition) is 4. The van der Waals surface area contributed by atoms with Gasteiger partial charge in [-0.25, -0.2) is 0 Å². The lowest BCUT2D eigenvalue weighted by Crippen LogP contribution is -2.14. The van der Waals surface area contributed by atoms with Gasteiger partial charge < -0.3 is 15.5 Å². The molecule has 0 atom stereocenters. The molecular weight excluding hydrogens is 372 g/mol. The number of carbonyl (C=O) groups is 1. The van der Waals surface area contributed by atoms with Crippen LogP contribution >= 0.6 is 11.6 Å². The maximum absolute atomic E-state index is 12.7. The van der Waals surface area contributed by atoms with Crippen LogP contribution < -0.4 is 15.5 Å². The van der Waals surface area contributed by atoms with Gasteiger partial charge in [-0.2, -0.15) is 0 Å². The first-order valence-corrected chi connectivity index (χ1v) is 9.29. The quantitative estimate of drug-likeness (QED) is 0.607. The summed E-state index contributed by atoms with van der Waals surface area (Å²) in [6, 6.07) is 13.6. The van der Waals surface area contributed by atoms with Crippen LogP contribution in [0.15, 0.2) is 54.9 Å². The van der Waals surface area contributed by atoms with Crippen molar-refractivity contribution in [3.8, 4) is 0 Å². The normalized spacial score (nSPS) is 10.5. The van der Waals surface area contributed by atoms with E-state index < -0.39 is 0 Å². The summed E-state index contributed by atoms with van der Waals surface area (Å²) in [6.45, 7) is 3.89. The van der Waals surface area contributed by atoms with Crippen molar-refractivity contribution < 1.29 is 4.79 Å². The molecule has 144 valence electrons. The van der Waals surface area contributed by atoms with E-state index in [0.29, 0.717) is 16.3 Å². The Morgan fingerprint density at radius 1 is 1.00 bits per heavy atom. The van der Waals surface area contributed by atoms with Crippen LogP contribution in [0.25, 0.3) is 0 Å². The number of pyridine rings is 1. The number of rotatable bonds is 5. The molecule has 0 spiro atoms. The van der Waals surface area contributed by atoms with Crippen LogP contribution in [0.3, 0.4) is 0 Å². The van der Waals surface area contributed by atoms with Crippen LogP contribution in [0.4, 0.5) is 22.7 Å². The summed E-state index contributed by atoms with van der Waals surface area (Å²) in [7, 11) is 3.99. The third kappa shape index (κ3) is 4.61. The maximum Gasteiger partial charge on any atom is 0.257 e. The molecular formula is C22H23ClN4O. The smallest absolute Gasteiger partial charge is 0.257 e. The Hall–Kier alpha value is -3.05. The molecule has 1 amide bonds. The number of nitrogens with one attached hydrogen (secondary N) is 2.